The summed E-state index contributed by atoms with van der Waals surface area (Å²) in [6.07, 6.45) is 0.376. The molecule has 0 spiro atoms. The molecule has 10 nitrogen and oxygen atoms in total. The molecule has 2 aliphatic heterocycles. The lowest BCUT2D eigenvalue weighted by Gasteiger charge is -2.37. The molecule has 3 N–H and O–H groups in total. The maximum Gasteiger partial charge on any atom is 0.326 e. The van der Waals surface area contributed by atoms with Gasteiger partial charge in [-0.3, -0.25) is 14.4 Å². The molecule has 0 bridgehead atoms. The minimum absolute atomic E-state index is 0.154. The first kappa shape index (κ1) is 24.1. The molecule has 2 heterocycles. The number of nitrogens with one attached hydrogen (secondary N) is 2. The van der Waals surface area contributed by atoms with Gasteiger partial charge < -0.3 is 20.6 Å². The molecular formula is C19H31N3O7S. The van der Waals surface area contributed by atoms with Crippen LogP contribution in [0.25, 0.3) is 0 Å². The summed E-state index contributed by atoms with van der Waals surface area (Å²) in [6, 6.07) is -3.46. The van der Waals surface area contributed by atoms with Crippen molar-refractivity contribution in [1.82, 2.24) is 15.5 Å². The zero-order chi connectivity index (χ0) is 23.2. The third kappa shape index (κ3) is 3.79. The van der Waals surface area contributed by atoms with Gasteiger partial charge in [-0.05, 0) is 25.7 Å². The minimum Gasteiger partial charge on any atom is -0.480 e. The van der Waals surface area contributed by atoms with Gasteiger partial charge in [0.15, 0.2) is 9.84 Å². The van der Waals surface area contributed by atoms with Gasteiger partial charge >= 0.3 is 5.97 Å². The molecule has 0 aromatic heterocycles. The van der Waals surface area contributed by atoms with E-state index in [4.69, 9.17) is 0 Å². The highest BCUT2D eigenvalue weighted by Gasteiger charge is 2.67. The van der Waals surface area contributed by atoms with E-state index in [1.807, 2.05) is 0 Å². The number of carbonyl (C=O) groups excluding carboxylic acids is 3. The zero-order valence-electron chi connectivity index (χ0n) is 18.1. The molecule has 170 valence electrons. The number of carbonyl (C=O) groups is 4. The van der Waals surface area contributed by atoms with Crippen molar-refractivity contribution in [3.05, 3.63) is 0 Å². The Morgan fingerprint density at radius 1 is 1.17 bits per heavy atom. The molecule has 2 fully saturated rings. The number of fused-ring (bicyclic) bond motifs is 1. The first-order valence-corrected chi connectivity index (χ1v) is 11.6. The molecule has 2 aliphatic rings. The average Bonchev–Trinajstić information content (AvgIpc) is 2.76. The van der Waals surface area contributed by atoms with Crippen molar-refractivity contribution in [2.24, 2.45) is 11.8 Å². The van der Waals surface area contributed by atoms with Gasteiger partial charge in [0.25, 0.3) is 0 Å². The number of rotatable bonds is 8. The Morgan fingerprint density at radius 3 is 2.17 bits per heavy atom. The van der Waals surface area contributed by atoms with Crippen LogP contribution in [0.15, 0.2) is 0 Å². The van der Waals surface area contributed by atoms with Crippen molar-refractivity contribution in [2.45, 2.75) is 82.6 Å². The predicted octanol–water partition coefficient (Wildman–Crippen LogP) is -0.123. The Labute approximate surface area is 176 Å². The number of aliphatic carboxylic acids is 1. The fourth-order valence-corrected chi connectivity index (χ4v) is 6.08. The first-order chi connectivity index (χ1) is 13.7. The standard InChI is InChI=1S/C19H31N3O7S/c1-7-10(4)14(18(26)27)21-16(24)13(9(2)3)20-17(25)15-19(5,6)30(28,29)12-8-11(23)22(12)15/h9-10,12-15H,7-8H2,1-6H3,(H,20,25)(H,21,24)(H,26,27). The molecule has 0 aromatic rings. The topological polar surface area (TPSA) is 150 Å². The van der Waals surface area contributed by atoms with Crippen LogP contribution in [0.4, 0.5) is 0 Å². The molecule has 0 aromatic carbocycles. The molecule has 2 rings (SSSR count). The lowest BCUT2D eigenvalue weighted by atomic mass is 9.95. The van der Waals surface area contributed by atoms with Gasteiger partial charge in [-0.1, -0.05) is 34.1 Å². The number of hydrogen-bond acceptors (Lipinski definition) is 6. The van der Waals surface area contributed by atoms with Crippen LogP contribution in [0.3, 0.4) is 0 Å². The normalized spacial score (nSPS) is 26.9. The molecule has 0 radical (unpaired) electrons. The monoisotopic (exact) mass is 445 g/mol. The third-order valence-electron chi connectivity index (χ3n) is 6.25. The SMILES string of the molecule is CCC(C)C(NC(=O)C(NC(=O)C1N2C(=O)CC2S(=O)(=O)C1(C)C)C(C)C)C(=O)O. The largest absolute Gasteiger partial charge is 0.480 e. The summed E-state index contributed by atoms with van der Waals surface area (Å²) in [5.41, 5.74) is 0. The number of carboxylic acids is 1. The summed E-state index contributed by atoms with van der Waals surface area (Å²) in [7, 11) is -3.75. The maximum atomic E-state index is 13.0. The van der Waals surface area contributed by atoms with E-state index < -0.39 is 67.7 Å². The summed E-state index contributed by atoms with van der Waals surface area (Å²) in [6.45, 7) is 9.65. The second-order valence-corrected chi connectivity index (χ2v) is 11.6. The van der Waals surface area contributed by atoms with Crippen LogP contribution in [0, 0.1) is 11.8 Å². The molecule has 0 saturated carbocycles. The van der Waals surface area contributed by atoms with E-state index in [9.17, 15) is 32.7 Å². The Morgan fingerprint density at radius 2 is 1.73 bits per heavy atom. The minimum atomic E-state index is -3.75. The fraction of sp³-hybridized carbons (Fsp3) is 0.789. The predicted molar refractivity (Wildman–Crippen MR) is 108 cm³/mol. The summed E-state index contributed by atoms with van der Waals surface area (Å²) in [5.74, 6) is -3.75. The van der Waals surface area contributed by atoms with Crippen molar-refractivity contribution in [1.29, 1.82) is 0 Å². The van der Waals surface area contributed by atoms with E-state index in [0.29, 0.717) is 6.42 Å². The molecule has 11 heteroatoms. The van der Waals surface area contributed by atoms with Crippen molar-refractivity contribution in [2.75, 3.05) is 0 Å². The molecule has 3 amide bonds. The molecule has 30 heavy (non-hydrogen) atoms. The lowest BCUT2D eigenvalue weighted by Crippen LogP contribution is -2.63. The molecular weight excluding hydrogens is 414 g/mol. The van der Waals surface area contributed by atoms with Crippen molar-refractivity contribution >= 4 is 33.5 Å². The van der Waals surface area contributed by atoms with E-state index in [2.05, 4.69) is 10.6 Å². The van der Waals surface area contributed by atoms with Crippen LogP contribution in [-0.2, 0) is 29.0 Å². The Balaban J connectivity index is 2.24. The highest BCUT2D eigenvalue weighted by molar-refractivity contribution is 7.93. The number of β-lactam (4-membered cyclic amide) rings is 1. The van der Waals surface area contributed by atoms with Crippen LogP contribution in [-0.4, -0.2) is 70.4 Å². The van der Waals surface area contributed by atoms with Crippen molar-refractivity contribution in [3.8, 4) is 0 Å². The number of amides is 3. The van der Waals surface area contributed by atoms with Crippen LogP contribution in [0.5, 0.6) is 0 Å². The Hall–Kier alpha value is -2.17. The van der Waals surface area contributed by atoms with Crippen molar-refractivity contribution in [3.63, 3.8) is 0 Å². The summed E-state index contributed by atoms with van der Waals surface area (Å²) < 4.78 is 23.9. The van der Waals surface area contributed by atoms with E-state index in [1.54, 1.807) is 27.7 Å². The zero-order valence-corrected chi connectivity index (χ0v) is 18.9. The van der Waals surface area contributed by atoms with E-state index in [0.717, 1.165) is 4.90 Å². The number of nitrogens with zero attached hydrogens (tertiary/aromatic N) is 1. The summed E-state index contributed by atoms with van der Waals surface area (Å²) in [4.78, 5) is 50.5. The van der Waals surface area contributed by atoms with E-state index in [1.165, 1.54) is 13.8 Å². The third-order valence-corrected chi connectivity index (χ3v) is 9.05. The number of hydrogen-bond donors (Lipinski definition) is 3. The van der Waals surface area contributed by atoms with Gasteiger partial charge in [-0.2, -0.15) is 0 Å². The van der Waals surface area contributed by atoms with Crippen molar-refractivity contribution < 1.29 is 32.7 Å². The van der Waals surface area contributed by atoms with Gasteiger partial charge in [0.2, 0.25) is 17.7 Å². The summed E-state index contributed by atoms with van der Waals surface area (Å²) in [5, 5.41) is 13.4. The summed E-state index contributed by atoms with van der Waals surface area (Å²) >= 11 is 0. The molecule has 2 saturated heterocycles. The Kier molecular flexibility index (Phi) is 6.56. The van der Waals surface area contributed by atoms with Gasteiger partial charge in [0.05, 0.1) is 11.2 Å². The van der Waals surface area contributed by atoms with Gasteiger partial charge in [-0.15, -0.1) is 0 Å². The van der Waals surface area contributed by atoms with Gasteiger partial charge in [0.1, 0.15) is 23.5 Å². The van der Waals surface area contributed by atoms with Crippen LogP contribution in [0.2, 0.25) is 0 Å². The van der Waals surface area contributed by atoms with E-state index in [-0.39, 0.29) is 12.3 Å². The highest BCUT2D eigenvalue weighted by Crippen LogP contribution is 2.45. The molecule has 0 aliphatic carbocycles. The molecule has 5 unspecified atom stereocenters. The van der Waals surface area contributed by atoms with Crippen LogP contribution < -0.4 is 10.6 Å². The van der Waals surface area contributed by atoms with Crippen LogP contribution >= 0.6 is 0 Å². The Bertz CT molecular complexity index is 852. The number of sulfone groups is 1. The van der Waals surface area contributed by atoms with Crippen LogP contribution in [0.1, 0.15) is 54.4 Å². The van der Waals surface area contributed by atoms with E-state index >= 15 is 0 Å². The second-order valence-electron chi connectivity index (χ2n) is 8.95. The average molecular weight is 446 g/mol. The number of carboxylic acid groups (broad SMARTS) is 1. The smallest absolute Gasteiger partial charge is 0.326 e. The highest BCUT2D eigenvalue weighted by atomic mass is 32.2. The lowest BCUT2D eigenvalue weighted by molar-refractivity contribution is -0.150. The fourth-order valence-electron chi connectivity index (χ4n) is 3.95. The molecule has 5 atom stereocenters. The second kappa shape index (κ2) is 8.16. The van der Waals surface area contributed by atoms with Gasteiger partial charge in [-0.25, -0.2) is 13.2 Å². The maximum absolute atomic E-state index is 13.0. The quantitative estimate of drug-likeness (QED) is 0.441. The first-order valence-electron chi connectivity index (χ1n) is 10.1. The van der Waals surface area contributed by atoms with Gasteiger partial charge in [0, 0.05) is 0 Å².